The zero-order chi connectivity index (χ0) is 29.0. The van der Waals surface area contributed by atoms with E-state index in [0.717, 1.165) is 49.1 Å². The Hall–Kier alpha value is -3.45. The second-order valence-corrected chi connectivity index (χ2v) is 12.7. The predicted molar refractivity (Wildman–Crippen MR) is 134 cm³/mol. The minimum absolute atomic E-state index is 0.0157. The van der Waals surface area contributed by atoms with Crippen LogP contribution in [0.5, 0.6) is 0 Å². The first-order valence-electron chi connectivity index (χ1n) is 12.4. The van der Waals surface area contributed by atoms with Crippen LogP contribution in [0, 0.1) is 28.9 Å². The van der Waals surface area contributed by atoms with Gasteiger partial charge in [-0.05, 0) is 65.6 Å². The van der Waals surface area contributed by atoms with E-state index >= 15 is 0 Å². The Kier molecular flexibility index (Phi) is 6.94. The van der Waals surface area contributed by atoms with Gasteiger partial charge in [-0.2, -0.15) is 17.5 Å². The number of amides is 1. The SMILES string of the molecule is CC1(C)C[C@H]2CN(S(=O)(=O)c3ccc(F)cc3)[C@H](C(=O)NCc3ccc(F)c(-c4cnc(C(F)(F)F)nc4)c3)[C@H]21. The Balaban J connectivity index is 1.37. The van der Waals surface area contributed by atoms with Gasteiger partial charge in [-0.15, -0.1) is 0 Å². The minimum Gasteiger partial charge on any atom is -0.351 e. The summed E-state index contributed by atoms with van der Waals surface area (Å²) >= 11 is 0. The molecular formula is C27H25F5N4O3S. The van der Waals surface area contributed by atoms with E-state index in [1.54, 1.807) is 0 Å². The number of nitrogens with zero attached hydrogens (tertiary/aromatic N) is 3. The van der Waals surface area contributed by atoms with Crippen molar-refractivity contribution < 1.29 is 35.2 Å². The van der Waals surface area contributed by atoms with Gasteiger partial charge in [0, 0.05) is 36.6 Å². The highest BCUT2D eigenvalue weighted by Gasteiger charge is 2.62. The van der Waals surface area contributed by atoms with Crippen molar-refractivity contribution >= 4 is 15.9 Å². The molecule has 1 saturated carbocycles. The first kappa shape index (κ1) is 28.1. The normalized spacial score (nSPS) is 22.4. The molecule has 212 valence electrons. The molecule has 0 bridgehead atoms. The van der Waals surface area contributed by atoms with Crippen molar-refractivity contribution in [2.45, 2.75) is 43.9 Å². The Morgan fingerprint density at radius 1 is 1.07 bits per heavy atom. The molecular weight excluding hydrogens is 555 g/mol. The van der Waals surface area contributed by atoms with E-state index < -0.39 is 45.6 Å². The number of hydrogen-bond acceptors (Lipinski definition) is 5. The summed E-state index contributed by atoms with van der Waals surface area (Å²) in [6, 6.07) is 7.29. The molecule has 7 nitrogen and oxygen atoms in total. The highest BCUT2D eigenvalue weighted by molar-refractivity contribution is 7.89. The largest absolute Gasteiger partial charge is 0.451 e. The van der Waals surface area contributed by atoms with Crippen LogP contribution < -0.4 is 5.32 Å². The highest BCUT2D eigenvalue weighted by Crippen LogP contribution is 2.58. The van der Waals surface area contributed by atoms with Crippen LogP contribution in [-0.4, -0.2) is 41.2 Å². The molecule has 1 N–H and O–H groups in total. The van der Waals surface area contributed by atoms with Crippen LogP contribution in [0.2, 0.25) is 0 Å². The van der Waals surface area contributed by atoms with Crippen LogP contribution in [0.3, 0.4) is 0 Å². The summed E-state index contributed by atoms with van der Waals surface area (Å²) in [5, 5.41) is 2.75. The van der Waals surface area contributed by atoms with E-state index in [9.17, 15) is 35.2 Å². The molecule has 3 aromatic rings. The number of rotatable bonds is 6. The molecule has 2 aromatic carbocycles. The topological polar surface area (TPSA) is 92.3 Å². The predicted octanol–water partition coefficient (Wildman–Crippen LogP) is 4.79. The zero-order valence-electron chi connectivity index (χ0n) is 21.4. The van der Waals surface area contributed by atoms with Crippen LogP contribution in [0.15, 0.2) is 59.8 Å². The smallest absolute Gasteiger partial charge is 0.351 e. The summed E-state index contributed by atoms with van der Waals surface area (Å²) in [5.41, 5.74) is 0.109. The fourth-order valence-electron chi connectivity index (χ4n) is 5.90. The summed E-state index contributed by atoms with van der Waals surface area (Å²) in [7, 11) is -4.11. The van der Waals surface area contributed by atoms with E-state index in [2.05, 4.69) is 15.3 Å². The Bertz CT molecular complexity index is 1540. The molecule has 3 atom stereocenters. The van der Waals surface area contributed by atoms with Gasteiger partial charge in [0.25, 0.3) is 0 Å². The standard InChI is InChI=1S/C27H25F5N4O3S/c1-26(2)10-16-14-36(40(38,39)19-6-4-18(28)5-7-19)23(22(16)26)24(37)33-11-15-3-8-21(29)20(9-15)17-12-34-25(35-13-17)27(30,31)32/h3-9,12-13,16,22-23H,10-11,14H2,1-2H3,(H,33,37)/t16-,22-,23-/m0/s1. The summed E-state index contributed by atoms with van der Waals surface area (Å²) in [5.74, 6) is -3.44. The second-order valence-electron chi connectivity index (χ2n) is 10.8. The third-order valence-corrected chi connectivity index (χ3v) is 9.53. The molecule has 2 aliphatic rings. The van der Waals surface area contributed by atoms with Gasteiger partial charge in [0.05, 0.1) is 4.90 Å². The molecule has 13 heteroatoms. The maximum absolute atomic E-state index is 14.5. The van der Waals surface area contributed by atoms with Gasteiger partial charge in [0.15, 0.2) is 0 Å². The van der Waals surface area contributed by atoms with Gasteiger partial charge in [-0.3, -0.25) is 4.79 Å². The van der Waals surface area contributed by atoms with Crippen LogP contribution in [0.25, 0.3) is 11.1 Å². The molecule has 0 radical (unpaired) electrons. The number of nitrogens with one attached hydrogen (secondary N) is 1. The van der Waals surface area contributed by atoms with E-state index in [4.69, 9.17) is 0 Å². The average molecular weight is 581 g/mol. The third kappa shape index (κ3) is 5.07. The number of alkyl halides is 3. The molecule has 1 aromatic heterocycles. The van der Waals surface area contributed by atoms with E-state index in [1.807, 2.05) is 13.8 Å². The number of sulfonamides is 1. The van der Waals surface area contributed by atoms with Crippen molar-refractivity contribution in [3.8, 4) is 11.1 Å². The van der Waals surface area contributed by atoms with Gasteiger partial charge in [-0.1, -0.05) is 19.9 Å². The lowest BCUT2D eigenvalue weighted by Crippen LogP contribution is -2.54. The molecule has 1 aliphatic carbocycles. The third-order valence-electron chi connectivity index (χ3n) is 7.67. The number of aromatic nitrogens is 2. The van der Waals surface area contributed by atoms with Crippen molar-refractivity contribution in [1.82, 2.24) is 19.6 Å². The summed E-state index contributed by atoms with van der Waals surface area (Å²) in [6.45, 7) is 4.01. The maximum atomic E-state index is 14.5. The molecule has 0 unspecified atom stereocenters. The molecule has 5 rings (SSSR count). The molecule has 1 aliphatic heterocycles. The lowest BCUT2D eigenvalue weighted by atomic mass is 9.55. The number of fused-ring (bicyclic) bond motifs is 1. The van der Waals surface area contributed by atoms with Gasteiger partial charge < -0.3 is 5.32 Å². The van der Waals surface area contributed by atoms with Crippen molar-refractivity contribution in [3.05, 3.63) is 77.9 Å². The van der Waals surface area contributed by atoms with Gasteiger partial charge >= 0.3 is 6.18 Å². The van der Waals surface area contributed by atoms with Crippen molar-refractivity contribution in [2.24, 2.45) is 17.3 Å². The number of carbonyl (C=O) groups excluding carboxylic acids is 1. The fraction of sp³-hybridized carbons (Fsp3) is 0.370. The molecule has 1 amide bonds. The maximum Gasteiger partial charge on any atom is 0.451 e. The summed E-state index contributed by atoms with van der Waals surface area (Å²) < 4.78 is 94.5. The summed E-state index contributed by atoms with van der Waals surface area (Å²) in [6.07, 6.45) is -2.26. The average Bonchev–Trinajstić information content (AvgIpc) is 3.24. The molecule has 40 heavy (non-hydrogen) atoms. The fourth-order valence-corrected chi connectivity index (χ4v) is 7.56. The van der Waals surface area contributed by atoms with Crippen molar-refractivity contribution in [1.29, 1.82) is 0 Å². The lowest BCUT2D eigenvalue weighted by Gasteiger charge is -2.49. The van der Waals surface area contributed by atoms with E-state index in [1.165, 1.54) is 16.4 Å². The van der Waals surface area contributed by atoms with Crippen LogP contribution >= 0.6 is 0 Å². The van der Waals surface area contributed by atoms with Crippen molar-refractivity contribution in [2.75, 3.05) is 6.54 Å². The number of carbonyl (C=O) groups is 1. The van der Waals surface area contributed by atoms with Crippen LogP contribution in [0.1, 0.15) is 31.7 Å². The lowest BCUT2D eigenvalue weighted by molar-refractivity contribution is -0.145. The minimum atomic E-state index is -4.74. The Labute approximate surface area is 227 Å². The monoisotopic (exact) mass is 580 g/mol. The van der Waals surface area contributed by atoms with E-state index in [-0.39, 0.29) is 46.4 Å². The van der Waals surface area contributed by atoms with Gasteiger partial charge in [-0.25, -0.2) is 27.2 Å². The summed E-state index contributed by atoms with van der Waals surface area (Å²) in [4.78, 5) is 19.9. The number of hydrogen-bond donors (Lipinski definition) is 1. The molecule has 2 heterocycles. The quantitative estimate of drug-likeness (QED) is 0.424. The van der Waals surface area contributed by atoms with E-state index in [0.29, 0.717) is 5.56 Å². The van der Waals surface area contributed by atoms with Gasteiger partial charge in [0.2, 0.25) is 21.8 Å². The van der Waals surface area contributed by atoms with Crippen molar-refractivity contribution in [3.63, 3.8) is 0 Å². The van der Waals surface area contributed by atoms with Crippen LogP contribution in [-0.2, 0) is 27.5 Å². The number of benzene rings is 2. The Morgan fingerprint density at radius 2 is 1.73 bits per heavy atom. The zero-order valence-corrected chi connectivity index (χ0v) is 22.2. The van der Waals surface area contributed by atoms with Gasteiger partial charge in [0.1, 0.15) is 17.7 Å². The first-order chi connectivity index (χ1) is 18.7. The van der Waals surface area contributed by atoms with Crippen LogP contribution in [0.4, 0.5) is 22.0 Å². The first-order valence-corrected chi connectivity index (χ1v) is 13.9. The molecule has 0 spiro atoms. The number of halogens is 5. The molecule has 2 fully saturated rings. The highest BCUT2D eigenvalue weighted by atomic mass is 32.2. The molecule has 1 saturated heterocycles. The second kappa shape index (κ2) is 9.88. The Morgan fingerprint density at radius 3 is 2.33 bits per heavy atom.